The molecule has 2 N–H and O–H groups in total. The molecule has 0 bridgehead atoms. The minimum Gasteiger partial charge on any atom is -0.383 e. The van der Waals surface area contributed by atoms with Crippen molar-refractivity contribution in [3.8, 4) is 0 Å². The molecule has 0 aliphatic heterocycles. The molecule has 4 heteroatoms. The summed E-state index contributed by atoms with van der Waals surface area (Å²) in [6, 6.07) is 0. The summed E-state index contributed by atoms with van der Waals surface area (Å²) >= 11 is 0. The van der Waals surface area contributed by atoms with Crippen LogP contribution in [-0.2, 0) is 9.47 Å². The summed E-state index contributed by atoms with van der Waals surface area (Å²) in [7, 11) is 1.74. The standard InChI is InChI=1S/C13H30N2O2/c1-6-15(8-9-17-7-2)13(10-14,11-16-5)12(3)4/h12H,6-11,14H2,1-5H3. The monoisotopic (exact) mass is 246 g/mol. The minimum atomic E-state index is -0.0827. The van der Waals surface area contributed by atoms with Gasteiger partial charge < -0.3 is 15.2 Å². The maximum atomic E-state index is 6.01. The van der Waals surface area contributed by atoms with Gasteiger partial charge in [0.05, 0.1) is 18.8 Å². The van der Waals surface area contributed by atoms with Crippen LogP contribution in [0.1, 0.15) is 27.7 Å². The highest BCUT2D eigenvalue weighted by atomic mass is 16.5. The predicted octanol–water partition coefficient (Wildman–Crippen LogP) is 1.34. The molecule has 0 radical (unpaired) electrons. The molecule has 0 aliphatic rings. The van der Waals surface area contributed by atoms with Crippen molar-refractivity contribution in [1.29, 1.82) is 0 Å². The largest absolute Gasteiger partial charge is 0.383 e. The first kappa shape index (κ1) is 16.8. The van der Waals surface area contributed by atoms with Crippen molar-refractivity contribution in [2.24, 2.45) is 11.7 Å². The van der Waals surface area contributed by atoms with Gasteiger partial charge in [-0.2, -0.15) is 0 Å². The maximum Gasteiger partial charge on any atom is 0.0661 e. The molecule has 104 valence electrons. The van der Waals surface area contributed by atoms with E-state index >= 15 is 0 Å². The van der Waals surface area contributed by atoms with Crippen LogP contribution >= 0.6 is 0 Å². The Morgan fingerprint density at radius 2 is 1.94 bits per heavy atom. The molecule has 0 aromatic carbocycles. The summed E-state index contributed by atoms with van der Waals surface area (Å²) in [4.78, 5) is 2.39. The second kappa shape index (κ2) is 8.86. The number of rotatable bonds is 10. The van der Waals surface area contributed by atoms with E-state index in [0.29, 0.717) is 19.1 Å². The van der Waals surface area contributed by atoms with Crippen LogP contribution in [0.5, 0.6) is 0 Å². The first-order chi connectivity index (χ1) is 8.08. The Balaban J connectivity index is 4.70. The molecule has 0 rings (SSSR count). The first-order valence-electron chi connectivity index (χ1n) is 6.60. The van der Waals surface area contributed by atoms with Gasteiger partial charge in [-0.05, 0) is 19.4 Å². The molecule has 4 nitrogen and oxygen atoms in total. The van der Waals surface area contributed by atoms with Crippen LogP contribution in [0.25, 0.3) is 0 Å². The third-order valence-corrected chi connectivity index (χ3v) is 3.54. The van der Waals surface area contributed by atoms with Gasteiger partial charge in [0, 0.05) is 26.8 Å². The number of nitrogens with two attached hydrogens (primary N) is 1. The lowest BCUT2D eigenvalue weighted by Gasteiger charge is -2.45. The topological polar surface area (TPSA) is 47.7 Å². The smallest absolute Gasteiger partial charge is 0.0661 e. The summed E-state index contributed by atoms with van der Waals surface area (Å²) in [5, 5.41) is 0. The van der Waals surface area contributed by atoms with E-state index in [9.17, 15) is 0 Å². The molecule has 0 aromatic rings. The van der Waals surface area contributed by atoms with Crippen LogP contribution < -0.4 is 5.73 Å². The van der Waals surface area contributed by atoms with E-state index in [4.69, 9.17) is 15.2 Å². The van der Waals surface area contributed by atoms with E-state index in [1.807, 2.05) is 6.92 Å². The van der Waals surface area contributed by atoms with Gasteiger partial charge >= 0.3 is 0 Å². The summed E-state index contributed by atoms with van der Waals surface area (Å²) in [6.45, 7) is 13.2. The average Bonchev–Trinajstić information content (AvgIpc) is 2.32. The fraction of sp³-hybridized carbons (Fsp3) is 1.00. The van der Waals surface area contributed by atoms with Gasteiger partial charge in [-0.1, -0.05) is 20.8 Å². The van der Waals surface area contributed by atoms with Crippen LogP contribution in [0.4, 0.5) is 0 Å². The van der Waals surface area contributed by atoms with E-state index in [2.05, 4.69) is 25.7 Å². The molecule has 1 unspecified atom stereocenters. The van der Waals surface area contributed by atoms with E-state index in [1.54, 1.807) is 7.11 Å². The van der Waals surface area contributed by atoms with Gasteiger partial charge in [0.2, 0.25) is 0 Å². The van der Waals surface area contributed by atoms with E-state index < -0.39 is 0 Å². The minimum absolute atomic E-state index is 0.0827. The highest BCUT2D eigenvalue weighted by molar-refractivity contribution is 4.94. The fourth-order valence-electron chi connectivity index (χ4n) is 2.31. The van der Waals surface area contributed by atoms with E-state index in [-0.39, 0.29) is 5.54 Å². The zero-order chi connectivity index (χ0) is 13.3. The summed E-state index contributed by atoms with van der Waals surface area (Å²) in [5.74, 6) is 0.453. The molecule has 0 amide bonds. The number of methoxy groups -OCH3 is 1. The molecule has 0 heterocycles. The van der Waals surface area contributed by atoms with Crippen molar-refractivity contribution in [1.82, 2.24) is 4.90 Å². The molecule has 0 saturated heterocycles. The Morgan fingerprint density at radius 1 is 1.29 bits per heavy atom. The number of ether oxygens (including phenoxy) is 2. The van der Waals surface area contributed by atoms with E-state index in [0.717, 1.165) is 26.3 Å². The summed E-state index contributed by atoms with van der Waals surface area (Å²) in [5.41, 5.74) is 5.93. The molecule has 0 spiro atoms. The highest BCUT2D eigenvalue weighted by Gasteiger charge is 2.37. The van der Waals surface area contributed by atoms with Gasteiger partial charge in [0.1, 0.15) is 0 Å². The molecule has 0 saturated carbocycles. The lowest BCUT2D eigenvalue weighted by atomic mass is 9.85. The summed E-state index contributed by atoms with van der Waals surface area (Å²) in [6.07, 6.45) is 0. The number of likely N-dealkylation sites (N-methyl/N-ethyl adjacent to an activating group) is 1. The predicted molar refractivity (Wildman–Crippen MR) is 72.2 cm³/mol. The van der Waals surface area contributed by atoms with Crippen molar-refractivity contribution in [2.75, 3.05) is 46.6 Å². The molecule has 0 aromatic heterocycles. The molecule has 17 heavy (non-hydrogen) atoms. The molecule has 0 aliphatic carbocycles. The fourth-order valence-corrected chi connectivity index (χ4v) is 2.31. The van der Waals surface area contributed by atoms with Gasteiger partial charge in [-0.15, -0.1) is 0 Å². The SMILES string of the molecule is CCOCCN(CC)C(CN)(COC)C(C)C. The zero-order valence-electron chi connectivity index (χ0n) is 12.2. The zero-order valence-corrected chi connectivity index (χ0v) is 12.2. The molecule has 1 atom stereocenters. The van der Waals surface area contributed by atoms with Crippen LogP contribution in [0.3, 0.4) is 0 Å². The van der Waals surface area contributed by atoms with Crippen molar-refractivity contribution >= 4 is 0 Å². The van der Waals surface area contributed by atoms with Crippen molar-refractivity contribution in [2.45, 2.75) is 33.2 Å². The number of hydrogen-bond acceptors (Lipinski definition) is 4. The van der Waals surface area contributed by atoms with Crippen molar-refractivity contribution in [3.05, 3.63) is 0 Å². The molecular formula is C13H30N2O2. The van der Waals surface area contributed by atoms with Gasteiger partial charge in [0.25, 0.3) is 0 Å². The number of hydrogen-bond donors (Lipinski definition) is 1. The van der Waals surface area contributed by atoms with Crippen molar-refractivity contribution in [3.63, 3.8) is 0 Å². The maximum absolute atomic E-state index is 6.01. The van der Waals surface area contributed by atoms with Crippen molar-refractivity contribution < 1.29 is 9.47 Å². The Kier molecular flexibility index (Phi) is 8.78. The average molecular weight is 246 g/mol. The molecular weight excluding hydrogens is 216 g/mol. The van der Waals surface area contributed by atoms with Gasteiger partial charge in [-0.3, -0.25) is 4.90 Å². The first-order valence-corrected chi connectivity index (χ1v) is 6.60. The van der Waals surface area contributed by atoms with Crippen LogP contribution in [0.15, 0.2) is 0 Å². The van der Waals surface area contributed by atoms with E-state index in [1.165, 1.54) is 0 Å². The van der Waals surface area contributed by atoms with Crippen LogP contribution in [0.2, 0.25) is 0 Å². The Hall–Kier alpha value is -0.160. The lowest BCUT2D eigenvalue weighted by Crippen LogP contribution is -2.61. The normalized spacial score (nSPS) is 15.5. The quantitative estimate of drug-likeness (QED) is 0.591. The Labute approximate surface area is 106 Å². The third kappa shape index (κ3) is 4.54. The second-order valence-corrected chi connectivity index (χ2v) is 4.67. The summed E-state index contributed by atoms with van der Waals surface area (Å²) < 4.78 is 10.8. The van der Waals surface area contributed by atoms with Gasteiger partial charge in [-0.25, -0.2) is 0 Å². The Morgan fingerprint density at radius 3 is 2.29 bits per heavy atom. The second-order valence-electron chi connectivity index (χ2n) is 4.67. The third-order valence-electron chi connectivity index (χ3n) is 3.54. The molecule has 0 fully saturated rings. The van der Waals surface area contributed by atoms with Crippen LogP contribution in [0, 0.1) is 5.92 Å². The number of nitrogens with zero attached hydrogens (tertiary/aromatic N) is 1. The van der Waals surface area contributed by atoms with Gasteiger partial charge in [0.15, 0.2) is 0 Å². The highest BCUT2D eigenvalue weighted by Crippen LogP contribution is 2.24. The van der Waals surface area contributed by atoms with Crippen LogP contribution in [-0.4, -0.2) is 57.0 Å². The Bertz CT molecular complexity index is 188. The lowest BCUT2D eigenvalue weighted by molar-refractivity contribution is -0.0267.